The van der Waals surface area contributed by atoms with Crippen LogP contribution in [0.3, 0.4) is 0 Å². The van der Waals surface area contributed by atoms with E-state index >= 15 is 0 Å². The van der Waals surface area contributed by atoms with Gasteiger partial charge in [-0.3, -0.25) is 4.79 Å². The fourth-order valence-electron chi connectivity index (χ4n) is 1.66. The van der Waals surface area contributed by atoms with Crippen molar-refractivity contribution in [1.82, 2.24) is 0 Å². The van der Waals surface area contributed by atoms with Gasteiger partial charge >= 0.3 is 0 Å². The summed E-state index contributed by atoms with van der Waals surface area (Å²) in [5, 5.41) is 8.67. The largest absolute Gasteiger partial charge is 0.288 e. The molecule has 0 aliphatic rings. The number of aryl methyl sites for hydroxylation is 1. The lowest BCUT2D eigenvalue weighted by molar-refractivity contribution is 0.103. The van der Waals surface area contributed by atoms with E-state index in [1.807, 2.05) is 6.07 Å². The Labute approximate surface area is 104 Å². The van der Waals surface area contributed by atoms with Crippen LogP contribution in [-0.2, 0) is 0 Å². The van der Waals surface area contributed by atoms with Gasteiger partial charge in [-0.15, -0.1) is 0 Å². The Morgan fingerprint density at radius 2 is 1.83 bits per heavy atom. The van der Waals surface area contributed by atoms with Crippen LogP contribution >= 0.6 is 0 Å². The maximum Gasteiger partial charge on any atom is 0.195 e. The van der Waals surface area contributed by atoms with Gasteiger partial charge in [0.05, 0.1) is 17.2 Å². The van der Waals surface area contributed by atoms with Gasteiger partial charge in [-0.2, -0.15) is 5.26 Å². The second-order valence-corrected chi connectivity index (χ2v) is 4.00. The number of hydrogen-bond acceptors (Lipinski definition) is 2. The Morgan fingerprint density at radius 1 is 1.17 bits per heavy atom. The summed E-state index contributed by atoms with van der Waals surface area (Å²) in [5.74, 6) is -0.907. The van der Waals surface area contributed by atoms with Crippen LogP contribution in [0.5, 0.6) is 0 Å². The number of halogens is 1. The molecule has 0 radical (unpaired) electrons. The molecule has 2 nitrogen and oxygen atoms in total. The first-order chi connectivity index (χ1) is 8.61. The number of rotatable bonds is 2. The van der Waals surface area contributed by atoms with Crippen LogP contribution in [0, 0.1) is 24.1 Å². The third-order valence-corrected chi connectivity index (χ3v) is 2.64. The van der Waals surface area contributed by atoms with Crippen LogP contribution in [0.25, 0.3) is 0 Å². The highest BCUT2D eigenvalue weighted by Gasteiger charge is 2.13. The van der Waals surface area contributed by atoms with Crippen molar-refractivity contribution < 1.29 is 9.18 Å². The summed E-state index contributed by atoms with van der Waals surface area (Å²) in [5.41, 5.74) is 1.72. The molecule has 2 aromatic rings. The summed E-state index contributed by atoms with van der Waals surface area (Å²) in [6.45, 7) is 1.80. The Bertz CT molecular complexity index is 639. The summed E-state index contributed by atoms with van der Waals surface area (Å²) in [6, 6.07) is 12.5. The third-order valence-electron chi connectivity index (χ3n) is 2.64. The molecule has 0 atom stereocenters. The SMILES string of the molecule is Cc1ccc(F)c(C(=O)c2ccc(C#N)cc2)c1. The zero-order valence-electron chi connectivity index (χ0n) is 9.77. The number of nitrogens with zero attached hydrogens (tertiary/aromatic N) is 1. The Hall–Kier alpha value is -2.47. The van der Waals surface area contributed by atoms with Gasteiger partial charge in [0.1, 0.15) is 5.82 Å². The van der Waals surface area contributed by atoms with Crippen molar-refractivity contribution in [3.05, 3.63) is 70.5 Å². The van der Waals surface area contributed by atoms with Crippen LogP contribution in [0.2, 0.25) is 0 Å². The van der Waals surface area contributed by atoms with Crippen molar-refractivity contribution >= 4 is 5.78 Å². The summed E-state index contributed by atoms with van der Waals surface area (Å²) >= 11 is 0. The Balaban J connectivity index is 2.41. The fourth-order valence-corrected chi connectivity index (χ4v) is 1.66. The Morgan fingerprint density at radius 3 is 2.44 bits per heavy atom. The zero-order chi connectivity index (χ0) is 13.1. The van der Waals surface area contributed by atoms with E-state index in [0.717, 1.165) is 5.56 Å². The summed E-state index contributed by atoms with van der Waals surface area (Å²) in [4.78, 5) is 12.1. The number of carbonyl (C=O) groups is 1. The van der Waals surface area contributed by atoms with Crippen molar-refractivity contribution in [2.45, 2.75) is 6.92 Å². The number of benzene rings is 2. The lowest BCUT2D eigenvalue weighted by Gasteiger charge is -2.04. The average Bonchev–Trinajstić information content (AvgIpc) is 2.41. The molecule has 0 spiro atoms. The summed E-state index contributed by atoms with van der Waals surface area (Å²) in [6.07, 6.45) is 0. The minimum Gasteiger partial charge on any atom is -0.288 e. The van der Waals surface area contributed by atoms with Crippen molar-refractivity contribution in [2.75, 3.05) is 0 Å². The molecule has 0 bridgehead atoms. The molecular weight excluding hydrogens is 229 g/mol. The van der Waals surface area contributed by atoms with E-state index in [0.29, 0.717) is 11.1 Å². The van der Waals surface area contributed by atoms with Gasteiger partial charge in [0.25, 0.3) is 0 Å². The molecule has 0 saturated carbocycles. The van der Waals surface area contributed by atoms with Crippen molar-refractivity contribution in [3.63, 3.8) is 0 Å². The van der Waals surface area contributed by atoms with E-state index in [-0.39, 0.29) is 11.3 Å². The minimum absolute atomic E-state index is 0.0553. The van der Waals surface area contributed by atoms with Gasteiger partial charge in [-0.1, -0.05) is 11.6 Å². The molecule has 2 rings (SSSR count). The quantitative estimate of drug-likeness (QED) is 0.755. The van der Waals surface area contributed by atoms with Gasteiger partial charge in [-0.25, -0.2) is 4.39 Å². The molecule has 0 unspecified atom stereocenters. The Kier molecular flexibility index (Phi) is 3.20. The summed E-state index contributed by atoms with van der Waals surface area (Å²) in [7, 11) is 0. The van der Waals surface area contributed by atoms with Crippen LogP contribution < -0.4 is 0 Å². The molecule has 88 valence electrons. The highest BCUT2D eigenvalue weighted by Crippen LogP contribution is 2.15. The third kappa shape index (κ3) is 2.28. The first-order valence-corrected chi connectivity index (χ1v) is 5.43. The van der Waals surface area contributed by atoms with E-state index in [4.69, 9.17) is 5.26 Å². The molecule has 0 N–H and O–H groups in total. The molecule has 2 aromatic carbocycles. The highest BCUT2D eigenvalue weighted by atomic mass is 19.1. The monoisotopic (exact) mass is 239 g/mol. The molecule has 0 aromatic heterocycles. The van der Waals surface area contributed by atoms with Crippen LogP contribution in [-0.4, -0.2) is 5.78 Å². The second-order valence-electron chi connectivity index (χ2n) is 4.00. The topological polar surface area (TPSA) is 40.9 Å². The molecule has 0 aliphatic heterocycles. The van der Waals surface area contributed by atoms with Gasteiger partial charge in [0.15, 0.2) is 5.78 Å². The molecule has 3 heteroatoms. The number of carbonyl (C=O) groups excluding carboxylic acids is 1. The minimum atomic E-state index is -0.532. The average molecular weight is 239 g/mol. The standard InChI is InChI=1S/C15H10FNO/c1-10-2-7-14(16)13(8-10)15(18)12-5-3-11(9-17)4-6-12/h2-8H,1H3. The molecule has 18 heavy (non-hydrogen) atoms. The lowest BCUT2D eigenvalue weighted by atomic mass is 10.0. The van der Waals surface area contributed by atoms with Gasteiger partial charge in [-0.05, 0) is 43.3 Å². The maximum atomic E-state index is 13.6. The van der Waals surface area contributed by atoms with E-state index in [9.17, 15) is 9.18 Å². The number of ketones is 1. The van der Waals surface area contributed by atoms with Crippen molar-refractivity contribution in [1.29, 1.82) is 5.26 Å². The van der Waals surface area contributed by atoms with E-state index in [2.05, 4.69) is 0 Å². The molecule has 0 saturated heterocycles. The molecule has 0 fully saturated rings. The smallest absolute Gasteiger partial charge is 0.195 e. The first kappa shape index (κ1) is 12.0. The number of nitriles is 1. The van der Waals surface area contributed by atoms with E-state index < -0.39 is 5.82 Å². The van der Waals surface area contributed by atoms with Gasteiger partial charge in [0, 0.05) is 5.56 Å². The van der Waals surface area contributed by atoms with E-state index in [1.165, 1.54) is 24.3 Å². The summed E-state index contributed by atoms with van der Waals surface area (Å²) < 4.78 is 13.6. The van der Waals surface area contributed by atoms with Crippen molar-refractivity contribution in [2.24, 2.45) is 0 Å². The van der Waals surface area contributed by atoms with Crippen LogP contribution in [0.1, 0.15) is 27.0 Å². The molecule has 0 heterocycles. The predicted molar refractivity (Wildman–Crippen MR) is 65.7 cm³/mol. The zero-order valence-corrected chi connectivity index (χ0v) is 9.77. The van der Waals surface area contributed by atoms with E-state index in [1.54, 1.807) is 25.1 Å². The maximum absolute atomic E-state index is 13.6. The molecular formula is C15H10FNO. The van der Waals surface area contributed by atoms with Crippen LogP contribution in [0.15, 0.2) is 42.5 Å². The van der Waals surface area contributed by atoms with Gasteiger partial charge in [0.2, 0.25) is 0 Å². The van der Waals surface area contributed by atoms with Crippen molar-refractivity contribution in [3.8, 4) is 6.07 Å². The first-order valence-electron chi connectivity index (χ1n) is 5.43. The molecule has 0 amide bonds. The second kappa shape index (κ2) is 4.80. The molecule has 0 aliphatic carbocycles. The van der Waals surface area contributed by atoms with Crippen LogP contribution in [0.4, 0.5) is 4.39 Å². The normalized spacial score (nSPS) is 9.83. The lowest BCUT2D eigenvalue weighted by Crippen LogP contribution is -2.04. The highest BCUT2D eigenvalue weighted by molar-refractivity contribution is 6.09. The van der Waals surface area contributed by atoms with Gasteiger partial charge < -0.3 is 0 Å². The predicted octanol–water partition coefficient (Wildman–Crippen LogP) is 3.24. The number of hydrogen-bond donors (Lipinski definition) is 0. The fraction of sp³-hybridized carbons (Fsp3) is 0.0667.